The molecule has 1 aromatic carbocycles. The zero-order chi connectivity index (χ0) is 17.4. The van der Waals surface area contributed by atoms with Crippen LogP contribution in [0.5, 0.6) is 0 Å². The molecule has 0 bridgehead atoms. The molecule has 0 amide bonds. The van der Waals surface area contributed by atoms with E-state index in [-0.39, 0.29) is 6.04 Å². The highest BCUT2D eigenvalue weighted by Gasteiger charge is 2.18. The van der Waals surface area contributed by atoms with E-state index >= 15 is 0 Å². The van der Waals surface area contributed by atoms with Gasteiger partial charge in [-0.2, -0.15) is 14.6 Å². The maximum atomic E-state index is 6.08. The molecule has 25 heavy (non-hydrogen) atoms. The maximum absolute atomic E-state index is 6.08. The van der Waals surface area contributed by atoms with Crippen molar-refractivity contribution >= 4 is 22.6 Å². The van der Waals surface area contributed by atoms with Gasteiger partial charge >= 0.3 is 0 Å². The van der Waals surface area contributed by atoms with Crippen molar-refractivity contribution in [1.82, 2.24) is 19.6 Å². The molecule has 0 saturated carbocycles. The molecule has 3 aromatic heterocycles. The third-order valence-corrected chi connectivity index (χ3v) is 4.45. The molecule has 1 atom stereocenters. The molecule has 4 aromatic rings. The summed E-state index contributed by atoms with van der Waals surface area (Å²) in [5.41, 5.74) is 3.09. The number of fused-ring (bicyclic) bond motifs is 2. The third-order valence-electron chi connectivity index (χ3n) is 4.45. The smallest absolute Gasteiger partial charge is 0.254 e. The molecule has 0 aliphatic heterocycles. The molecule has 0 aliphatic rings. The average Bonchev–Trinajstić information content (AvgIpc) is 3.20. The van der Waals surface area contributed by atoms with Gasteiger partial charge in [0.25, 0.3) is 5.78 Å². The first-order valence-electron chi connectivity index (χ1n) is 8.61. The number of furan rings is 1. The lowest BCUT2D eigenvalue weighted by Gasteiger charge is -2.15. The van der Waals surface area contributed by atoms with Gasteiger partial charge in [-0.1, -0.05) is 31.5 Å². The summed E-state index contributed by atoms with van der Waals surface area (Å²) in [5.74, 6) is 2.42. The second-order valence-corrected chi connectivity index (χ2v) is 6.31. The van der Waals surface area contributed by atoms with Gasteiger partial charge in [-0.25, -0.2) is 4.98 Å². The number of hydrogen-bond acceptors (Lipinski definition) is 5. The van der Waals surface area contributed by atoms with E-state index in [4.69, 9.17) is 4.42 Å². The van der Waals surface area contributed by atoms with E-state index in [2.05, 4.69) is 47.2 Å². The van der Waals surface area contributed by atoms with Crippen molar-refractivity contribution in [2.24, 2.45) is 0 Å². The summed E-state index contributed by atoms with van der Waals surface area (Å²) >= 11 is 0. The number of nitrogens with one attached hydrogen (secondary N) is 1. The Morgan fingerprint density at radius 1 is 1.28 bits per heavy atom. The van der Waals surface area contributed by atoms with Crippen molar-refractivity contribution in [2.75, 3.05) is 5.32 Å². The first kappa shape index (κ1) is 15.6. The number of aromatic nitrogens is 4. The number of anilines is 1. The van der Waals surface area contributed by atoms with Gasteiger partial charge in [-0.05, 0) is 26.3 Å². The number of rotatable bonds is 5. The molecule has 4 rings (SSSR count). The van der Waals surface area contributed by atoms with Crippen molar-refractivity contribution in [2.45, 2.75) is 39.7 Å². The van der Waals surface area contributed by atoms with Crippen LogP contribution in [-0.4, -0.2) is 19.6 Å². The predicted octanol–water partition coefficient (Wildman–Crippen LogP) is 4.30. The Kier molecular flexibility index (Phi) is 3.87. The van der Waals surface area contributed by atoms with Gasteiger partial charge in [-0.15, -0.1) is 0 Å². The Labute approximate surface area is 145 Å². The zero-order valence-electron chi connectivity index (χ0n) is 14.7. The second kappa shape index (κ2) is 6.20. The Morgan fingerprint density at radius 2 is 2.12 bits per heavy atom. The molecule has 6 heteroatoms. The first-order valence-corrected chi connectivity index (χ1v) is 8.61. The SMILES string of the molecule is CCCc1cc(N[C@@H](C)c2oc3ccccc3c2C)n2ncnc2n1. The van der Waals surface area contributed by atoms with Crippen LogP contribution < -0.4 is 5.32 Å². The van der Waals surface area contributed by atoms with Gasteiger partial charge in [0.1, 0.15) is 23.5 Å². The summed E-state index contributed by atoms with van der Waals surface area (Å²) in [6, 6.07) is 10.2. The lowest BCUT2D eigenvalue weighted by molar-refractivity contribution is 0.521. The summed E-state index contributed by atoms with van der Waals surface area (Å²) in [4.78, 5) is 8.78. The fourth-order valence-corrected chi connectivity index (χ4v) is 3.24. The molecule has 0 aliphatic carbocycles. The molecule has 0 radical (unpaired) electrons. The van der Waals surface area contributed by atoms with Gasteiger partial charge in [0.15, 0.2) is 0 Å². The van der Waals surface area contributed by atoms with Crippen molar-refractivity contribution < 1.29 is 4.42 Å². The van der Waals surface area contributed by atoms with E-state index in [0.717, 1.165) is 46.6 Å². The maximum Gasteiger partial charge on any atom is 0.254 e. The van der Waals surface area contributed by atoms with Gasteiger partial charge in [0.2, 0.25) is 0 Å². The highest BCUT2D eigenvalue weighted by Crippen LogP contribution is 2.31. The number of benzene rings is 1. The van der Waals surface area contributed by atoms with E-state index in [0.29, 0.717) is 5.78 Å². The van der Waals surface area contributed by atoms with Crippen molar-refractivity contribution in [3.63, 3.8) is 0 Å². The van der Waals surface area contributed by atoms with Crippen LogP contribution in [0.15, 0.2) is 41.1 Å². The Hall–Kier alpha value is -2.89. The number of aryl methyl sites for hydroxylation is 2. The van der Waals surface area contributed by atoms with Crippen LogP contribution in [0.3, 0.4) is 0 Å². The van der Waals surface area contributed by atoms with Crippen molar-refractivity contribution in [3.05, 3.63) is 53.7 Å². The minimum absolute atomic E-state index is 0.00308. The van der Waals surface area contributed by atoms with Crippen LogP contribution in [0, 0.1) is 6.92 Å². The predicted molar refractivity (Wildman–Crippen MR) is 97.8 cm³/mol. The van der Waals surface area contributed by atoms with E-state index in [1.807, 2.05) is 24.3 Å². The monoisotopic (exact) mass is 335 g/mol. The van der Waals surface area contributed by atoms with Gasteiger partial charge in [-0.3, -0.25) is 0 Å². The summed E-state index contributed by atoms with van der Waals surface area (Å²) in [6.45, 7) is 6.33. The third kappa shape index (κ3) is 2.73. The summed E-state index contributed by atoms with van der Waals surface area (Å²) in [7, 11) is 0. The molecule has 3 heterocycles. The lowest BCUT2D eigenvalue weighted by atomic mass is 10.1. The molecule has 0 unspecified atom stereocenters. The Morgan fingerprint density at radius 3 is 2.92 bits per heavy atom. The van der Waals surface area contributed by atoms with Crippen molar-refractivity contribution in [3.8, 4) is 0 Å². The zero-order valence-corrected chi connectivity index (χ0v) is 14.7. The van der Waals surface area contributed by atoms with Gasteiger partial charge < -0.3 is 9.73 Å². The number of para-hydroxylation sites is 1. The van der Waals surface area contributed by atoms with E-state index in [1.165, 1.54) is 6.33 Å². The fraction of sp³-hybridized carbons (Fsp3) is 0.316. The normalized spacial score (nSPS) is 12.8. The van der Waals surface area contributed by atoms with Crippen LogP contribution in [0.25, 0.3) is 16.7 Å². The van der Waals surface area contributed by atoms with Gasteiger partial charge in [0, 0.05) is 22.7 Å². The molecule has 0 fully saturated rings. The molecular formula is C19H21N5O. The van der Waals surface area contributed by atoms with Crippen LogP contribution in [0.4, 0.5) is 5.82 Å². The average molecular weight is 335 g/mol. The highest BCUT2D eigenvalue weighted by molar-refractivity contribution is 5.82. The minimum Gasteiger partial charge on any atom is -0.459 e. The number of hydrogen-bond donors (Lipinski definition) is 1. The molecule has 0 saturated heterocycles. The quantitative estimate of drug-likeness (QED) is 0.589. The van der Waals surface area contributed by atoms with E-state index in [9.17, 15) is 0 Å². The van der Waals surface area contributed by atoms with Crippen LogP contribution in [0.1, 0.15) is 43.3 Å². The second-order valence-electron chi connectivity index (χ2n) is 6.31. The van der Waals surface area contributed by atoms with Crippen LogP contribution >= 0.6 is 0 Å². The molecular weight excluding hydrogens is 314 g/mol. The topological polar surface area (TPSA) is 68.2 Å². The molecule has 0 spiro atoms. The fourth-order valence-electron chi connectivity index (χ4n) is 3.24. The van der Waals surface area contributed by atoms with Crippen LogP contribution in [0.2, 0.25) is 0 Å². The minimum atomic E-state index is -0.00308. The van der Waals surface area contributed by atoms with E-state index in [1.54, 1.807) is 4.52 Å². The largest absolute Gasteiger partial charge is 0.459 e. The molecule has 6 nitrogen and oxygen atoms in total. The lowest BCUT2D eigenvalue weighted by Crippen LogP contribution is -2.12. The summed E-state index contributed by atoms with van der Waals surface area (Å²) in [5, 5.41) is 8.95. The highest BCUT2D eigenvalue weighted by atomic mass is 16.3. The molecule has 1 N–H and O–H groups in total. The van der Waals surface area contributed by atoms with Gasteiger partial charge in [0.05, 0.1) is 6.04 Å². The summed E-state index contributed by atoms with van der Waals surface area (Å²) < 4.78 is 7.81. The summed E-state index contributed by atoms with van der Waals surface area (Å²) in [6.07, 6.45) is 3.48. The first-order chi connectivity index (χ1) is 12.2. The Balaban J connectivity index is 1.72. The van der Waals surface area contributed by atoms with Crippen LogP contribution in [-0.2, 0) is 6.42 Å². The van der Waals surface area contributed by atoms with E-state index < -0.39 is 0 Å². The molecule has 128 valence electrons. The van der Waals surface area contributed by atoms with Crippen molar-refractivity contribution in [1.29, 1.82) is 0 Å². The Bertz CT molecular complexity index is 1030. The number of nitrogens with zero attached hydrogens (tertiary/aromatic N) is 4. The standard InChI is InChI=1S/C19H21N5O/c1-4-7-14-10-17(24-19(23-14)20-11-21-24)22-13(3)18-12(2)15-8-5-6-9-16(15)25-18/h5-6,8-11,13,22H,4,7H2,1-3H3/t13-/m0/s1.